The predicted octanol–water partition coefficient (Wildman–Crippen LogP) is 20.0. The largest absolute Gasteiger partial charge is 0.462 e. The molecule has 0 amide bonds. The summed E-state index contributed by atoms with van der Waals surface area (Å²) in [6.45, 7) is 6.52. The van der Waals surface area contributed by atoms with E-state index >= 15 is 0 Å². The van der Waals surface area contributed by atoms with Gasteiger partial charge in [0, 0.05) is 19.3 Å². The van der Waals surface area contributed by atoms with Crippen molar-refractivity contribution >= 4 is 17.9 Å². The first-order valence-electron chi connectivity index (χ1n) is 29.8. The molecule has 1 atom stereocenters. The number of carbonyl (C=O) groups is 3. The van der Waals surface area contributed by atoms with Crippen LogP contribution in [0.1, 0.15) is 303 Å². The van der Waals surface area contributed by atoms with Crippen LogP contribution >= 0.6 is 0 Å². The number of rotatable bonds is 54. The van der Waals surface area contributed by atoms with E-state index in [0.29, 0.717) is 19.3 Å². The maximum absolute atomic E-state index is 12.8. The Balaban J connectivity index is 4.03. The minimum Gasteiger partial charge on any atom is -0.462 e. The van der Waals surface area contributed by atoms with Gasteiger partial charge in [-0.2, -0.15) is 0 Å². The number of hydrogen-bond acceptors (Lipinski definition) is 6. The smallest absolute Gasteiger partial charge is 0.306 e. The lowest BCUT2D eigenvalue weighted by atomic mass is 10.0. The van der Waals surface area contributed by atoms with Crippen LogP contribution in [0.4, 0.5) is 0 Å². The molecule has 6 heteroatoms. The van der Waals surface area contributed by atoms with E-state index in [9.17, 15) is 14.4 Å². The summed E-state index contributed by atoms with van der Waals surface area (Å²) in [7, 11) is 0. The standard InChI is InChI=1S/C63H112O6/c1-4-7-10-13-16-19-21-23-24-25-26-27-28-29-30-31-32-33-34-35-36-37-38-39-40-41-43-44-47-50-53-56-62(65)68-59-60(58-67-61(64)55-52-49-46-18-15-12-9-6-3)69-63(66)57-54-51-48-45-42-22-20-17-14-11-8-5-2/h7,10,16,19,23-24,26-27,29-30,60H,4-6,8-9,11-15,17-18,20-22,25,28,31-59H2,1-3H3/b10-7-,19-16-,24-23-,27-26-,30-29-. The van der Waals surface area contributed by atoms with Crippen molar-refractivity contribution in [3.63, 3.8) is 0 Å². The second-order valence-corrected chi connectivity index (χ2v) is 19.9. The van der Waals surface area contributed by atoms with Crippen LogP contribution in [0, 0.1) is 0 Å². The highest BCUT2D eigenvalue weighted by molar-refractivity contribution is 5.71. The highest BCUT2D eigenvalue weighted by Crippen LogP contribution is 2.17. The van der Waals surface area contributed by atoms with Crippen molar-refractivity contribution in [2.75, 3.05) is 13.2 Å². The zero-order chi connectivity index (χ0) is 50.0. The van der Waals surface area contributed by atoms with Crippen molar-refractivity contribution in [3.05, 3.63) is 60.8 Å². The Kier molecular flexibility index (Phi) is 55.3. The molecule has 0 saturated carbocycles. The Morgan fingerprint density at radius 3 is 0.884 bits per heavy atom. The van der Waals surface area contributed by atoms with Gasteiger partial charge in [-0.05, 0) is 64.2 Å². The fraction of sp³-hybridized carbons (Fsp3) is 0.794. The van der Waals surface area contributed by atoms with Gasteiger partial charge in [-0.3, -0.25) is 14.4 Å². The van der Waals surface area contributed by atoms with E-state index in [4.69, 9.17) is 14.2 Å². The fourth-order valence-corrected chi connectivity index (χ4v) is 8.59. The summed E-state index contributed by atoms with van der Waals surface area (Å²) in [5.41, 5.74) is 0. The lowest BCUT2D eigenvalue weighted by Gasteiger charge is -2.18. The summed E-state index contributed by atoms with van der Waals surface area (Å²) < 4.78 is 16.8. The first-order chi connectivity index (χ1) is 34.0. The third-order valence-corrected chi connectivity index (χ3v) is 13.0. The van der Waals surface area contributed by atoms with Gasteiger partial charge >= 0.3 is 17.9 Å². The highest BCUT2D eigenvalue weighted by Gasteiger charge is 2.19. The minimum atomic E-state index is -0.766. The Morgan fingerprint density at radius 1 is 0.304 bits per heavy atom. The van der Waals surface area contributed by atoms with Gasteiger partial charge in [-0.15, -0.1) is 0 Å². The van der Waals surface area contributed by atoms with Gasteiger partial charge in [0.05, 0.1) is 0 Å². The molecule has 0 spiro atoms. The normalized spacial score (nSPS) is 12.4. The third kappa shape index (κ3) is 55.9. The topological polar surface area (TPSA) is 78.9 Å². The van der Waals surface area contributed by atoms with E-state index in [1.165, 1.54) is 173 Å². The monoisotopic (exact) mass is 965 g/mol. The van der Waals surface area contributed by atoms with Gasteiger partial charge in [-0.25, -0.2) is 0 Å². The van der Waals surface area contributed by atoms with Crippen LogP contribution in [0.3, 0.4) is 0 Å². The summed E-state index contributed by atoms with van der Waals surface area (Å²) >= 11 is 0. The van der Waals surface area contributed by atoms with E-state index in [0.717, 1.165) is 89.9 Å². The Labute approximate surface area is 428 Å². The molecule has 0 radical (unpaired) electrons. The molecule has 0 aromatic rings. The van der Waals surface area contributed by atoms with Gasteiger partial charge in [0.15, 0.2) is 6.10 Å². The van der Waals surface area contributed by atoms with E-state index < -0.39 is 6.10 Å². The molecule has 6 nitrogen and oxygen atoms in total. The second-order valence-electron chi connectivity index (χ2n) is 19.9. The molecule has 0 saturated heterocycles. The van der Waals surface area contributed by atoms with E-state index in [1.54, 1.807) is 0 Å². The SMILES string of the molecule is CC/C=C\C/C=C\C/C=C\C/C=C\C/C=C\CCCCCCCCCCCCCCCCCC(=O)OCC(COC(=O)CCCCCCCCCC)OC(=O)CCCCCCCCCCCCCC. The average Bonchev–Trinajstić information content (AvgIpc) is 3.35. The number of hydrogen-bond donors (Lipinski definition) is 0. The van der Waals surface area contributed by atoms with E-state index in [2.05, 4.69) is 81.5 Å². The van der Waals surface area contributed by atoms with Crippen molar-refractivity contribution in [3.8, 4) is 0 Å². The summed E-state index contributed by atoms with van der Waals surface area (Å²) in [6.07, 6.45) is 72.5. The van der Waals surface area contributed by atoms with Crippen molar-refractivity contribution in [1.82, 2.24) is 0 Å². The van der Waals surface area contributed by atoms with Crippen molar-refractivity contribution in [2.45, 2.75) is 309 Å². The van der Waals surface area contributed by atoms with Gasteiger partial charge < -0.3 is 14.2 Å². The quantitative estimate of drug-likeness (QED) is 0.0262. The lowest BCUT2D eigenvalue weighted by Crippen LogP contribution is -2.30. The summed E-state index contributed by atoms with van der Waals surface area (Å²) in [4.78, 5) is 37.9. The van der Waals surface area contributed by atoms with Gasteiger partial charge in [0.2, 0.25) is 0 Å². The number of unbranched alkanes of at least 4 members (excludes halogenated alkanes) is 33. The molecule has 69 heavy (non-hydrogen) atoms. The Hall–Kier alpha value is -2.89. The minimum absolute atomic E-state index is 0.0687. The van der Waals surface area contributed by atoms with Crippen LogP contribution < -0.4 is 0 Å². The average molecular weight is 966 g/mol. The third-order valence-electron chi connectivity index (χ3n) is 13.0. The fourth-order valence-electron chi connectivity index (χ4n) is 8.59. The highest BCUT2D eigenvalue weighted by atomic mass is 16.6. The van der Waals surface area contributed by atoms with Gasteiger partial charge in [0.1, 0.15) is 13.2 Å². The van der Waals surface area contributed by atoms with Gasteiger partial charge in [0.25, 0.3) is 0 Å². The molecule has 1 unspecified atom stereocenters. The van der Waals surface area contributed by atoms with E-state index in [1.807, 2.05) is 0 Å². The van der Waals surface area contributed by atoms with Crippen molar-refractivity contribution < 1.29 is 28.6 Å². The molecule has 0 aliphatic rings. The maximum Gasteiger partial charge on any atom is 0.306 e. The number of carbonyl (C=O) groups excluding carboxylic acids is 3. The maximum atomic E-state index is 12.8. The van der Waals surface area contributed by atoms with Crippen LogP contribution in [0.15, 0.2) is 60.8 Å². The molecule has 0 rings (SSSR count). The number of allylic oxidation sites excluding steroid dienone is 10. The lowest BCUT2D eigenvalue weighted by molar-refractivity contribution is -0.167. The zero-order valence-electron chi connectivity index (χ0n) is 45.8. The second kappa shape index (κ2) is 57.7. The molecule has 0 aromatic heterocycles. The van der Waals surface area contributed by atoms with Crippen LogP contribution in [0.25, 0.3) is 0 Å². The zero-order valence-corrected chi connectivity index (χ0v) is 45.8. The van der Waals surface area contributed by atoms with Gasteiger partial charge in [-0.1, -0.05) is 281 Å². The number of ether oxygens (including phenoxy) is 3. The molecule has 0 N–H and O–H groups in total. The molecular formula is C63H112O6. The molecule has 0 bridgehead atoms. The summed E-state index contributed by atoms with van der Waals surface area (Å²) in [5, 5.41) is 0. The summed E-state index contributed by atoms with van der Waals surface area (Å²) in [5.74, 6) is -0.860. The van der Waals surface area contributed by atoms with Crippen LogP contribution in [0.5, 0.6) is 0 Å². The van der Waals surface area contributed by atoms with Crippen LogP contribution in [-0.2, 0) is 28.6 Å². The van der Waals surface area contributed by atoms with Crippen molar-refractivity contribution in [1.29, 1.82) is 0 Å². The van der Waals surface area contributed by atoms with Crippen molar-refractivity contribution in [2.24, 2.45) is 0 Å². The molecule has 0 aromatic carbocycles. The van der Waals surface area contributed by atoms with Crippen LogP contribution in [-0.4, -0.2) is 37.2 Å². The molecule has 400 valence electrons. The number of esters is 3. The predicted molar refractivity (Wildman–Crippen MR) is 298 cm³/mol. The Morgan fingerprint density at radius 2 is 0.565 bits per heavy atom. The molecular weight excluding hydrogens is 853 g/mol. The summed E-state index contributed by atoms with van der Waals surface area (Å²) in [6, 6.07) is 0. The first-order valence-corrected chi connectivity index (χ1v) is 29.8. The molecule has 0 fully saturated rings. The first kappa shape index (κ1) is 66.1. The van der Waals surface area contributed by atoms with E-state index in [-0.39, 0.29) is 31.1 Å². The molecule has 0 aliphatic heterocycles. The molecule has 0 aliphatic carbocycles. The molecule has 0 heterocycles. The Bertz CT molecular complexity index is 1250. The van der Waals surface area contributed by atoms with Crippen LogP contribution in [0.2, 0.25) is 0 Å².